The van der Waals surface area contributed by atoms with E-state index in [0.717, 1.165) is 5.69 Å². The van der Waals surface area contributed by atoms with E-state index in [1.54, 1.807) is 4.90 Å². The number of carbonyl (C=O) groups excluding carboxylic acids is 2. The normalized spacial score (nSPS) is 14.9. The van der Waals surface area contributed by atoms with Crippen molar-refractivity contribution in [3.05, 3.63) is 29.3 Å². The molecule has 0 saturated carbocycles. The molecule has 0 unspecified atom stereocenters. The predicted molar refractivity (Wildman–Crippen MR) is 126 cm³/mol. The van der Waals surface area contributed by atoms with Gasteiger partial charge in [-0.25, -0.2) is 0 Å². The molecule has 0 radical (unpaired) electrons. The summed E-state index contributed by atoms with van der Waals surface area (Å²) < 4.78 is 0. The van der Waals surface area contributed by atoms with Crippen LogP contribution in [0.3, 0.4) is 0 Å². The summed E-state index contributed by atoms with van der Waals surface area (Å²) in [5.41, 5.74) is 3.11. The van der Waals surface area contributed by atoms with Crippen LogP contribution in [0, 0.1) is 13.8 Å². The minimum Gasteiger partial charge on any atom is -0.350 e. The summed E-state index contributed by atoms with van der Waals surface area (Å²) in [4.78, 5) is 30.5. The van der Waals surface area contributed by atoms with Gasteiger partial charge in [-0.15, -0.1) is 0 Å². The van der Waals surface area contributed by atoms with E-state index >= 15 is 0 Å². The van der Waals surface area contributed by atoms with Crippen LogP contribution < -0.4 is 10.6 Å². The Morgan fingerprint density at radius 1 is 1.10 bits per heavy atom. The minimum atomic E-state index is -0.233. The average molecular weight is 434 g/mol. The molecular weight excluding hydrogens is 398 g/mol. The highest BCUT2D eigenvalue weighted by Crippen LogP contribution is 2.14. The van der Waals surface area contributed by atoms with Gasteiger partial charge >= 0.3 is 0 Å². The standard InChI is InChI=1S/C22H35N5O2S/c1-16-7-8-18(13-17(16)2)23-21(30)25(6)15-20(29)27-11-9-26(10-12-27)14-19(28)24-22(3,4)5/h7-8,13H,9-12,14-15H2,1-6H3,(H,23,30)(H,24,28). The zero-order valence-corrected chi connectivity index (χ0v) is 19.9. The van der Waals surface area contributed by atoms with Crippen molar-refractivity contribution < 1.29 is 9.59 Å². The van der Waals surface area contributed by atoms with Crippen molar-refractivity contribution in [2.24, 2.45) is 0 Å². The maximum absolute atomic E-state index is 12.7. The number of amides is 2. The van der Waals surface area contributed by atoms with Gasteiger partial charge in [0.1, 0.15) is 0 Å². The first kappa shape index (κ1) is 24.1. The van der Waals surface area contributed by atoms with Gasteiger partial charge in [0.25, 0.3) is 0 Å². The van der Waals surface area contributed by atoms with Crippen LogP contribution in [0.4, 0.5) is 5.69 Å². The second kappa shape index (κ2) is 10.2. The molecule has 0 spiro atoms. The number of benzene rings is 1. The summed E-state index contributed by atoms with van der Waals surface area (Å²) in [7, 11) is 1.82. The fraction of sp³-hybridized carbons (Fsp3) is 0.591. The number of thiocarbonyl (C=S) groups is 1. The highest BCUT2D eigenvalue weighted by molar-refractivity contribution is 7.80. The third kappa shape index (κ3) is 7.57. The second-order valence-electron chi connectivity index (χ2n) is 9.04. The Morgan fingerprint density at radius 3 is 2.30 bits per heavy atom. The first-order chi connectivity index (χ1) is 13.9. The quantitative estimate of drug-likeness (QED) is 0.693. The van der Waals surface area contributed by atoms with Crippen molar-refractivity contribution in [3.63, 3.8) is 0 Å². The van der Waals surface area contributed by atoms with Crippen LogP contribution in [0.15, 0.2) is 18.2 Å². The van der Waals surface area contributed by atoms with E-state index in [1.807, 2.05) is 50.9 Å². The number of carbonyl (C=O) groups is 2. The molecule has 0 aromatic heterocycles. The number of nitrogens with one attached hydrogen (secondary N) is 2. The topological polar surface area (TPSA) is 67.9 Å². The summed E-state index contributed by atoms with van der Waals surface area (Å²) in [5, 5.41) is 6.69. The van der Waals surface area contributed by atoms with Gasteiger partial charge in [0.2, 0.25) is 11.8 Å². The van der Waals surface area contributed by atoms with Crippen molar-refractivity contribution in [1.82, 2.24) is 20.0 Å². The Bertz CT molecular complexity index is 782. The van der Waals surface area contributed by atoms with E-state index in [9.17, 15) is 9.59 Å². The monoisotopic (exact) mass is 433 g/mol. The maximum Gasteiger partial charge on any atom is 0.242 e. The average Bonchev–Trinajstić information content (AvgIpc) is 2.63. The molecular formula is C22H35N5O2S. The number of hydrogen-bond acceptors (Lipinski definition) is 4. The lowest BCUT2D eigenvalue weighted by atomic mass is 10.1. The van der Waals surface area contributed by atoms with Crippen molar-refractivity contribution >= 4 is 34.8 Å². The molecule has 8 heteroatoms. The van der Waals surface area contributed by atoms with Gasteiger partial charge in [0, 0.05) is 44.5 Å². The fourth-order valence-electron chi connectivity index (χ4n) is 3.23. The van der Waals surface area contributed by atoms with Crippen LogP contribution in [0.25, 0.3) is 0 Å². The molecule has 166 valence electrons. The number of hydrogen-bond donors (Lipinski definition) is 2. The van der Waals surface area contributed by atoms with Crippen LogP contribution >= 0.6 is 12.2 Å². The van der Waals surface area contributed by atoms with E-state index in [1.165, 1.54) is 11.1 Å². The van der Waals surface area contributed by atoms with Gasteiger partial charge in [-0.05, 0) is 70.1 Å². The molecule has 1 fully saturated rings. The zero-order valence-electron chi connectivity index (χ0n) is 19.0. The minimum absolute atomic E-state index is 0.0183. The third-order valence-corrected chi connectivity index (χ3v) is 5.50. The lowest BCUT2D eigenvalue weighted by Gasteiger charge is -2.35. The number of aryl methyl sites for hydroxylation is 2. The number of anilines is 1. The Labute approximate surface area is 185 Å². The molecule has 1 aliphatic rings. The first-order valence-electron chi connectivity index (χ1n) is 10.3. The van der Waals surface area contributed by atoms with Gasteiger partial charge in [-0.2, -0.15) is 0 Å². The highest BCUT2D eigenvalue weighted by Gasteiger charge is 2.24. The van der Waals surface area contributed by atoms with Gasteiger partial charge < -0.3 is 20.4 Å². The Kier molecular flexibility index (Phi) is 8.20. The van der Waals surface area contributed by atoms with Crippen molar-refractivity contribution in [1.29, 1.82) is 0 Å². The maximum atomic E-state index is 12.7. The van der Waals surface area contributed by atoms with Crippen molar-refractivity contribution in [3.8, 4) is 0 Å². The molecule has 1 aromatic rings. The Balaban J connectivity index is 1.77. The molecule has 2 amide bonds. The Hall–Kier alpha value is -2.19. The van der Waals surface area contributed by atoms with Gasteiger partial charge in [-0.3, -0.25) is 14.5 Å². The van der Waals surface area contributed by atoms with Crippen LogP contribution in [-0.4, -0.2) is 83.5 Å². The summed E-state index contributed by atoms with van der Waals surface area (Å²) in [5.74, 6) is 0.0605. The van der Waals surface area contributed by atoms with Gasteiger partial charge in [-0.1, -0.05) is 6.07 Å². The largest absolute Gasteiger partial charge is 0.350 e. The summed E-state index contributed by atoms with van der Waals surface area (Å²) in [6.07, 6.45) is 0. The number of likely N-dealkylation sites (N-methyl/N-ethyl adjacent to an activating group) is 1. The van der Waals surface area contributed by atoms with E-state index in [2.05, 4.69) is 29.4 Å². The molecule has 7 nitrogen and oxygen atoms in total. The van der Waals surface area contributed by atoms with E-state index in [4.69, 9.17) is 12.2 Å². The SMILES string of the molecule is Cc1ccc(NC(=S)N(C)CC(=O)N2CCN(CC(=O)NC(C)(C)C)CC2)cc1C. The molecule has 0 bridgehead atoms. The van der Waals surface area contributed by atoms with Crippen LogP contribution in [0.5, 0.6) is 0 Å². The Morgan fingerprint density at radius 2 is 1.73 bits per heavy atom. The number of piperazine rings is 1. The fourth-order valence-corrected chi connectivity index (χ4v) is 3.41. The van der Waals surface area contributed by atoms with Crippen LogP contribution in [0.1, 0.15) is 31.9 Å². The van der Waals surface area contributed by atoms with Crippen LogP contribution in [-0.2, 0) is 9.59 Å². The van der Waals surface area contributed by atoms with E-state index in [-0.39, 0.29) is 23.9 Å². The number of rotatable bonds is 5. The highest BCUT2D eigenvalue weighted by atomic mass is 32.1. The van der Waals surface area contributed by atoms with Crippen molar-refractivity contribution in [2.75, 3.05) is 51.6 Å². The third-order valence-electron chi connectivity index (χ3n) is 5.08. The molecule has 1 aliphatic heterocycles. The molecule has 1 saturated heterocycles. The summed E-state index contributed by atoms with van der Waals surface area (Å²) >= 11 is 5.46. The van der Waals surface area contributed by atoms with E-state index in [0.29, 0.717) is 37.8 Å². The van der Waals surface area contributed by atoms with Gasteiger partial charge in [0.05, 0.1) is 13.1 Å². The molecule has 0 aliphatic carbocycles. The zero-order chi connectivity index (χ0) is 22.5. The second-order valence-corrected chi connectivity index (χ2v) is 9.43. The predicted octanol–water partition coefficient (Wildman–Crippen LogP) is 1.99. The lowest BCUT2D eigenvalue weighted by Crippen LogP contribution is -2.54. The first-order valence-corrected chi connectivity index (χ1v) is 10.8. The molecule has 1 aromatic carbocycles. The molecule has 0 atom stereocenters. The molecule has 1 heterocycles. The van der Waals surface area contributed by atoms with E-state index < -0.39 is 0 Å². The lowest BCUT2D eigenvalue weighted by molar-refractivity contribution is -0.133. The summed E-state index contributed by atoms with van der Waals surface area (Å²) in [6, 6.07) is 6.08. The number of nitrogens with zero attached hydrogens (tertiary/aromatic N) is 3. The van der Waals surface area contributed by atoms with Crippen molar-refractivity contribution in [2.45, 2.75) is 40.2 Å². The summed E-state index contributed by atoms with van der Waals surface area (Å²) in [6.45, 7) is 13.2. The molecule has 2 rings (SSSR count). The molecule has 30 heavy (non-hydrogen) atoms. The molecule has 2 N–H and O–H groups in total. The van der Waals surface area contributed by atoms with Crippen LogP contribution in [0.2, 0.25) is 0 Å². The smallest absolute Gasteiger partial charge is 0.242 e. The van der Waals surface area contributed by atoms with Gasteiger partial charge in [0.15, 0.2) is 5.11 Å².